The average molecular weight is 525 g/mol. The third-order valence-corrected chi connectivity index (χ3v) is 7.44. The van der Waals surface area contributed by atoms with Crippen LogP contribution >= 0.6 is 0 Å². The normalized spacial score (nSPS) is 21.4. The smallest absolute Gasteiger partial charge is 0.309 e. The van der Waals surface area contributed by atoms with Gasteiger partial charge in [0.2, 0.25) is 0 Å². The zero-order valence-corrected chi connectivity index (χ0v) is 23.8. The second-order valence-electron chi connectivity index (χ2n) is 10.9. The summed E-state index contributed by atoms with van der Waals surface area (Å²) in [6.45, 7) is 16.6. The first-order valence-electron chi connectivity index (χ1n) is 13.5. The van der Waals surface area contributed by atoms with E-state index in [1.165, 1.54) is 6.92 Å². The molecule has 214 valence electrons. The summed E-state index contributed by atoms with van der Waals surface area (Å²) in [6, 6.07) is 0. The van der Waals surface area contributed by atoms with Gasteiger partial charge in [0, 0.05) is 11.8 Å². The lowest BCUT2D eigenvalue weighted by Gasteiger charge is -2.23. The largest absolute Gasteiger partial charge is 0.510 e. The molecule has 0 aromatic heterocycles. The van der Waals surface area contributed by atoms with Crippen molar-refractivity contribution in [2.45, 2.75) is 98.6 Å². The zero-order valence-electron chi connectivity index (χ0n) is 23.8. The van der Waals surface area contributed by atoms with Crippen LogP contribution in [0.4, 0.5) is 0 Å². The second-order valence-corrected chi connectivity index (χ2v) is 10.9. The van der Waals surface area contributed by atoms with Gasteiger partial charge in [-0.3, -0.25) is 4.79 Å². The molecule has 0 amide bonds. The number of carboxylic acid groups (broad SMARTS) is 1. The van der Waals surface area contributed by atoms with Gasteiger partial charge in [-0.25, -0.2) is 0 Å². The number of allylic oxidation sites excluding steroid dienone is 2. The van der Waals surface area contributed by atoms with Crippen LogP contribution in [-0.4, -0.2) is 61.0 Å². The van der Waals surface area contributed by atoms with Gasteiger partial charge in [0.25, 0.3) is 0 Å². The molecule has 0 aromatic carbocycles. The molecule has 37 heavy (non-hydrogen) atoms. The van der Waals surface area contributed by atoms with Crippen molar-refractivity contribution in [2.24, 2.45) is 35.5 Å². The van der Waals surface area contributed by atoms with Gasteiger partial charge in [0.15, 0.2) is 0 Å². The van der Waals surface area contributed by atoms with Gasteiger partial charge in [0.1, 0.15) is 11.9 Å². The predicted octanol–water partition coefficient (Wildman–Crippen LogP) is 5.02. The van der Waals surface area contributed by atoms with Gasteiger partial charge >= 0.3 is 5.97 Å². The van der Waals surface area contributed by atoms with Crippen LogP contribution in [0, 0.1) is 35.5 Å². The Labute approximate surface area is 223 Å². The molecule has 0 fully saturated rings. The van der Waals surface area contributed by atoms with Crippen LogP contribution in [0.3, 0.4) is 0 Å². The van der Waals surface area contributed by atoms with E-state index >= 15 is 0 Å². The van der Waals surface area contributed by atoms with E-state index in [4.69, 9.17) is 5.11 Å². The lowest BCUT2D eigenvalue weighted by Crippen LogP contribution is -2.27. The third kappa shape index (κ3) is 12.9. The second kappa shape index (κ2) is 17.6. The first kappa shape index (κ1) is 35.1. The van der Waals surface area contributed by atoms with Crippen molar-refractivity contribution in [1.82, 2.24) is 0 Å². The molecule has 10 atom stereocenters. The maximum absolute atomic E-state index is 11.1. The molecular formula is C30H52O7. The van der Waals surface area contributed by atoms with Crippen molar-refractivity contribution in [3.8, 4) is 0 Å². The van der Waals surface area contributed by atoms with Gasteiger partial charge in [0.05, 0.1) is 24.2 Å². The van der Waals surface area contributed by atoms with E-state index in [0.29, 0.717) is 24.3 Å². The Morgan fingerprint density at radius 2 is 1.46 bits per heavy atom. The molecule has 6 N–H and O–H groups in total. The number of carbonyl (C=O) groups is 1. The Balaban J connectivity index is 4.91. The number of hydrogen-bond donors (Lipinski definition) is 6. The minimum atomic E-state index is -1.12. The van der Waals surface area contributed by atoms with Crippen molar-refractivity contribution in [3.63, 3.8) is 0 Å². The summed E-state index contributed by atoms with van der Waals surface area (Å²) in [4.78, 5) is 11.1. The summed E-state index contributed by atoms with van der Waals surface area (Å²) in [6.07, 6.45) is 7.53. The highest BCUT2D eigenvalue weighted by Crippen LogP contribution is 2.23. The molecule has 0 aromatic rings. The van der Waals surface area contributed by atoms with Crippen LogP contribution in [0.1, 0.15) is 74.1 Å². The molecule has 7 heteroatoms. The van der Waals surface area contributed by atoms with Crippen LogP contribution < -0.4 is 0 Å². The molecule has 0 saturated heterocycles. The SMILES string of the molecule is C=CC(C=C(O)C(O)C(C)C=CC(O)C(C)CCC(O)C(C)C=C(C)C(O)C(C)C(=O)O)CC(C)CC. The Bertz CT molecular complexity index is 772. The zero-order chi connectivity index (χ0) is 28.9. The summed E-state index contributed by atoms with van der Waals surface area (Å²) < 4.78 is 0. The Morgan fingerprint density at radius 1 is 0.865 bits per heavy atom. The summed E-state index contributed by atoms with van der Waals surface area (Å²) >= 11 is 0. The first-order valence-corrected chi connectivity index (χ1v) is 13.5. The van der Waals surface area contributed by atoms with E-state index in [2.05, 4.69) is 20.4 Å². The minimum absolute atomic E-state index is 0.0253. The molecule has 0 bridgehead atoms. The Hall–Kier alpha value is -1.93. The van der Waals surface area contributed by atoms with Crippen LogP contribution in [0.25, 0.3) is 0 Å². The molecule has 0 saturated carbocycles. The topological polar surface area (TPSA) is 138 Å². The Kier molecular flexibility index (Phi) is 16.6. The van der Waals surface area contributed by atoms with E-state index < -0.39 is 42.2 Å². The van der Waals surface area contributed by atoms with Crippen LogP contribution in [0.2, 0.25) is 0 Å². The molecular weight excluding hydrogens is 472 g/mol. The van der Waals surface area contributed by atoms with Crippen molar-refractivity contribution in [1.29, 1.82) is 0 Å². The number of aliphatic hydroxyl groups is 5. The van der Waals surface area contributed by atoms with E-state index in [0.717, 1.165) is 12.8 Å². The Morgan fingerprint density at radius 3 is 1.97 bits per heavy atom. The molecule has 0 radical (unpaired) electrons. The van der Waals surface area contributed by atoms with Crippen molar-refractivity contribution in [3.05, 3.63) is 48.3 Å². The lowest BCUT2D eigenvalue weighted by molar-refractivity contribution is -0.144. The highest BCUT2D eigenvalue weighted by molar-refractivity contribution is 5.70. The highest BCUT2D eigenvalue weighted by Gasteiger charge is 2.24. The summed E-state index contributed by atoms with van der Waals surface area (Å²) in [5, 5.41) is 61.2. The molecule has 0 rings (SSSR count). The van der Waals surface area contributed by atoms with Crippen LogP contribution in [0.5, 0.6) is 0 Å². The van der Waals surface area contributed by atoms with E-state index in [9.17, 15) is 30.3 Å². The molecule has 0 heterocycles. The fraction of sp³-hybridized carbons (Fsp3) is 0.700. The van der Waals surface area contributed by atoms with Crippen molar-refractivity contribution < 1.29 is 35.4 Å². The van der Waals surface area contributed by atoms with Crippen LogP contribution in [0.15, 0.2) is 48.3 Å². The van der Waals surface area contributed by atoms with Gasteiger partial charge in [-0.1, -0.05) is 65.3 Å². The number of rotatable bonds is 18. The number of carboxylic acids is 1. The molecule has 10 unspecified atom stereocenters. The first-order chi connectivity index (χ1) is 17.2. The molecule has 0 aliphatic carbocycles. The van der Waals surface area contributed by atoms with Crippen molar-refractivity contribution >= 4 is 5.97 Å². The fourth-order valence-electron chi connectivity index (χ4n) is 4.06. The highest BCUT2D eigenvalue weighted by atomic mass is 16.4. The van der Waals surface area contributed by atoms with Crippen molar-refractivity contribution in [2.75, 3.05) is 0 Å². The number of aliphatic carboxylic acids is 1. The molecule has 0 aliphatic rings. The standard InChI is InChI=1S/C30H52O7/c1-9-18(3)15-24(10-2)17-27(33)29(35)20(5)12-14-25(31)19(4)11-13-26(32)21(6)16-22(7)28(34)23(8)30(36)37/h10,12,14,16-21,23-26,28-29,31-35H,2,9,11,13,15H2,1,3-8H3,(H,36,37). The summed E-state index contributed by atoms with van der Waals surface area (Å²) in [5.41, 5.74) is 0.501. The predicted molar refractivity (Wildman–Crippen MR) is 149 cm³/mol. The molecule has 0 spiro atoms. The minimum Gasteiger partial charge on any atom is -0.510 e. The third-order valence-electron chi connectivity index (χ3n) is 7.44. The van der Waals surface area contributed by atoms with Gasteiger partial charge < -0.3 is 30.6 Å². The summed E-state index contributed by atoms with van der Waals surface area (Å²) in [7, 11) is 0. The van der Waals surface area contributed by atoms with Gasteiger partial charge in [-0.15, -0.1) is 6.58 Å². The number of aliphatic hydroxyl groups excluding tert-OH is 5. The maximum Gasteiger partial charge on any atom is 0.309 e. The van der Waals surface area contributed by atoms with Gasteiger partial charge in [-0.2, -0.15) is 0 Å². The monoisotopic (exact) mass is 524 g/mol. The van der Waals surface area contributed by atoms with Gasteiger partial charge in [-0.05, 0) is 62.5 Å². The van der Waals surface area contributed by atoms with E-state index in [-0.39, 0.29) is 23.5 Å². The fourth-order valence-corrected chi connectivity index (χ4v) is 4.06. The quantitative estimate of drug-likeness (QED) is 0.109. The lowest BCUT2D eigenvalue weighted by atomic mass is 9.89. The maximum atomic E-state index is 11.1. The molecule has 0 aliphatic heterocycles. The van der Waals surface area contributed by atoms with Crippen LogP contribution in [-0.2, 0) is 4.79 Å². The van der Waals surface area contributed by atoms with E-state index in [1.54, 1.807) is 51.2 Å². The summed E-state index contributed by atoms with van der Waals surface area (Å²) in [5.74, 6) is -2.53. The number of hydrogen-bond acceptors (Lipinski definition) is 6. The molecule has 7 nitrogen and oxygen atoms in total. The van der Waals surface area contributed by atoms with E-state index in [1.807, 2.05) is 6.92 Å². The average Bonchev–Trinajstić information content (AvgIpc) is 2.87.